The second-order valence-electron chi connectivity index (χ2n) is 14.1. The van der Waals surface area contributed by atoms with Gasteiger partial charge in [0.1, 0.15) is 5.58 Å². The molecule has 11 rings (SSSR count). The van der Waals surface area contributed by atoms with Crippen LogP contribution in [0.15, 0.2) is 211 Å². The lowest BCUT2D eigenvalue weighted by atomic mass is 9.96. The second kappa shape index (κ2) is 13.3. The number of hydrogen-bond donors (Lipinski definition) is 0. The van der Waals surface area contributed by atoms with Crippen LogP contribution in [0.2, 0.25) is 0 Å². The molecule has 3 nitrogen and oxygen atoms in total. The first-order chi connectivity index (χ1) is 27.8. The van der Waals surface area contributed by atoms with Crippen LogP contribution in [0.1, 0.15) is 0 Å². The summed E-state index contributed by atoms with van der Waals surface area (Å²) < 4.78 is 9.14. The van der Waals surface area contributed by atoms with Gasteiger partial charge in [-0.3, -0.25) is 0 Å². The van der Waals surface area contributed by atoms with Gasteiger partial charge in [-0.25, -0.2) is 0 Å². The lowest BCUT2D eigenvalue weighted by Gasteiger charge is -2.28. The summed E-state index contributed by atoms with van der Waals surface area (Å²) in [6, 6.07) is 73.8. The summed E-state index contributed by atoms with van der Waals surface area (Å²) in [6.45, 7) is 0. The quantitative estimate of drug-likeness (QED) is 0.163. The van der Waals surface area contributed by atoms with Crippen molar-refractivity contribution in [3.8, 4) is 11.1 Å². The molecule has 0 radical (unpaired) electrons. The molecule has 0 aliphatic carbocycles. The molecule has 2 aromatic heterocycles. The van der Waals surface area contributed by atoms with Gasteiger partial charge in [0.05, 0.1) is 11.4 Å². The molecule has 0 unspecified atom stereocenters. The average Bonchev–Trinajstić information content (AvgIpc) is 3.84. The number of anilines is 6. The van der Waals surface area contributed by atoms with Crippen molar-refractivity contribution in [3.63, 3.8) is 0 Å². The maximum Gasteiger partial charge on any atom is 0.159 e. The second-order valence-corrected chi connectivity index (χ2v) is 15.2. The molecule has 9 aromatic carbocycles. The third-order valence-corrected chi connectivity index (χ3v) is 12.0. The van der Waals surface area contributed by atoms with Crippen molar-refractivity contribution < 1.29 is 4.42 Å². The predicted molar refractivity (Wildman–Crippen MR) is 239 cm³/mol. The molecule has 4 heteroatoms. The van der Waals surface area contributed by atoms with Crippen LogP contribution in [0, 0.1) is 0 Å². The number of benzene rings is 9. The molecule has 0 spiro atoms. The Hall–Kier alpha value is -7.14. The number of fused-ring (bicyclic) bond motifs is 7. The Morgan fingerprint density at radius 2 is 0.911 bits per heavy atom. The van der Waals surface area contributed by atoms with Crippen LogP contribution < -0.4 is 9.80 Å². The Morgan fingerprint density at radius 3 is 1.68 bits per heavy atom. The normalized spacial score (nSPS) is 11.6. The van der Waals surface area contributed by atoms with Crippen molar-refractivity contribution in [2.75, 3.05) is 9.80 Å². The van der Waals surface area contributed by atoms with Gasteiger partial charge in [0.15, 0.2) is 5.58 Å². The fourth-order valence-electron chi connectivity index (χ4n) is 8.29. The SMILES string of the molecule is c1ccc(N(c2ccc3sc4ccccc4c3c2)c2ccc(-c3ccc(N(c4ccccc4)c4cccc5c4oc4ccccc45)cc3)c3ccccc23)cc1. The van der Waals surface area contributed by atoms with Crippen LogP contribution in [-0.4, -0.2) is 0 Å². The molecule has 56 heavy (non-hydrogen) atoms. The Bertz CT molecular complexity index is 3200. The van der Waals surface area contributed by atoms with Crippen LogP contribution in [0.4, 0.5) is 34.1 Å². The summed E-state index contributed by atoms with van der Waals surface area (Å²) >= 11 is 1.85. The number of rotatable bonds is 7. The van der Waals surface area contributed by atoms with Crippen molar-refractivity contribution in [2.24, 2.45) is 0 Å². The molecule has 0 fully saturated rings. The lowest BCUT2D eigenvalue weighted by Crippen LogP contribution is -2.10. The smallest absolute Gasteiger partial charge is 0.159 e. The highest BCUT2D eigenvalue weighted by Crippen LogP contribution is 2.46. The lowest BCUT2D eigenvalue weighted by molar-refractivity contribution is 0.669. The van der Waals surface area contributed by atoms with E-state index >= 15 is 0 Å². The van der Waals surface area contributed by atoms with E-state index in [0.29, 0.717) is 0 Å². The summed E-state index contributed by atoms with van der Waals surface area (Å²) in [4.78, 5) is 4.69. The summed E-state index contributed by atoms with van der Waals surface area (Å²) in [5.41, 5.74) is 10.6. The minimum atomic E-state index is 0.873. The molecule has 0 saturated heterocycles. The number of nitrogens with zero attached hydrogens (tertiary/aromatic N) is 2. The van der Waals surface area contributed by atoms with E-state index in [9.17, 15) is 0 Å². The summed E-state index contributed by atoms with van der Waals surface area (Å²) in [5.74, 6) is 0. The van der Waals surface area contributed by atoms with E-state index < -0.39 is 0 Å². The average molecular weight is 735 g/mol. The highest BCUT2D eigenvalue weighted by Gasteiger charge is 2.21. The molecule has 0 aliphatic rings. The predicted octanol–water partition coefficient (Wildman–Crippen LogP) is 15.7. The zero-order chi connectivity index (χ0) is 37.0. The molecule has 2 heterocycles. The topological polar surface area (TPSA) is 19.6 Å². The number of hydrogen-bond acceptors (Lipinski definition) is 4. The van der Waals surface area contributed by atoms with Crippen molar-refractivity contribution in [3.05, 3.63) is 206 Å². The van der Waals surface area contributed by atoms with Gasteiger partial charge in [-0.05, 0) is 95.4 Å². The molecule has 264 valence electrons. The van der Waals surface area contributed by atoms with Gasteiger partial charge >= 0.3 is 0 Å². The van der Waals surface area contributed by atoms with Crippen LogP contribution in [0.5, 0.6) is 0 Å². The summed E-state index contributed by atoms with van der Waals surface area (Å²) in [5, 5.41) is 7.20. The molecule has 0 amide bonds. The standard InChI is InChI=1S/C52H34N2OS/c1-3-14-36(15-4-1)53(48-23-13-22-45-43-20-9-11-24-49(43)55-52(45)48)38-28-26-35(27-29-38)40-31-32-47(42-19-8-7-18-41(40)42)54(37-16-5-2-6-17-37)39-30-33-51-46(34-39)44-21-10-12-25-50(44)56-51/h1-34H. The van der Waals surface area contributed by atoms with E-state index in [0.717, 1.165) is 61.6 Å². The summed E-state index contributed by atoms with van der Waals surface area (Å²) in [6.07, 6.45) is 0. The minimum absolute atomic E-state index is 0.873. The van der Waals surface area contributed by atoms with Gasteiger partial charge in [0.2, 0.25) is 0 Å². The Balaban J connectivity index is 1.03. The molecular weight excluding hydrogens is 701 g/mol. The van der Waals surface area contributed by atoms with E-state index in [-0.39, 0.29) is 0 Å². The highest BCUT2D eigenvalue weighted by molar-refractivity contribution is 7.25. The Labute approximate surface area is 328 Å². The van der Waals surface area contributed by atoms with Crippen molar-refractivity contribution in [1.82, 2.24) is 0 Å². The first kappa shape index (κ1) is 32.3. The molecule has 0 N–H and O–H groups in total. The number of thiophene rings is 1. The van der Waals surface area contributed by atoms with Gasteiger partial charge < -0.3 is 14.2 Å². The Kier molecular flexibility index (Phi) is 7.68. The van der Waals surface area contributed by atoms with Crippen LogP contribution in [-0.2, 0) is 0 Å². The van der Waals surface area contributed by atoms with Crippen molar-refractivity contribution in [2.45, 2.75) is 0 Å². The van der Waals surface area contributed by atoms with Gasteiger partial charge in [-0.2, -0.15) is 0 Å². The van der Waals surface area contributed by atoms with E-state index in [2.05, 4.69) is 204 Å². The first-order valence-corrected chi connectivity index (χ1v) is 19.7. The Morgan fingerprint density at radius 1 is 0.339 bits per heavy atom. The fourth-order valence-corrected chi connectivity index (χ4v) is 9.38. The fraction of sp³-hybridized carbons (Fsp3) is 0. The van der Waals surface area contributed by atoms with E-state index in [1.54, 1.807) is 0 Å². The summed E-state index contributed by atoms with van der Waals surface area (Å²) in [7, 11) is 0. The zero-order valence-electron chi connectivity index (χ0n) is 30.3. The van der Waals surface area contributed by atoms with Gasteiger partial charge in [-0.1, -0.05) is 127 Å². The van der Waals surface area contributed by atoms with E-state index in [1.165, 1.54) is 36.5 Å². The third-order valence-electron chi connectivity index (χ3n) is 10.9. The molecule has 0 aliphatic heterocycles. The number of para-hydroxylation sites is 4. The van der Waals surface area contributed by atoms with Crippen LogP contribution in [0.3, 0.4) is 0 Å². The monoisotopic (exact) mass is 734 g/mol. The van der Waals surface area contributed by atoms with Gasteiger partial charge in [0, 0.05) is 59.1 Å². The largest absolute Gasteiger partial charge is 0.454 e. The maximum atomic E-state index is 6.53. The van der Waals surface area contributed by atoms with Crippen molar-refractivity contribution >= 4 is 98.3 Å². The van der Waals surface area contributed by atoms with Crippen molar-refractivity contribution in [1.29, 1.82) is 0 Å². The minimum Gasteiger partial charge on any atom is -0.454 e. The zero-order valence-corrected chi connectivity index (χ0v) is 31.2. The molecule has 0 saturated carbocycles. The highest BCUT2D eigenvalue weighted by atomic mass is 32.1. The van der Waals surface area contributed by atoms with E-state index in [4.69, 9.17) is 4.42 Å². The van der Waals surface area contributed by atoms with Crippen LogP contribution in [0.25, 0.3) is 64.0 Å². The van der Waals surface area contributed by atoms with Gasteiger partial charge in [0.25, 0.3) is 0 Å². The molecule has 0 bridgehead atoms. The molecule has 0 atom stereocenters. The third kappa shape index (κ3) is 5.34. The van der Waals surface area contributed by atoms with Gasteiger partial charge in [-0.15, -0.1) is 11.3 Å². The van der Waals surface area contributed by atoms with E-state index in [1.807, 2.05) is 23.5 Å². The molecule has 11 aromatic rings. The maximum absolute atomic E-state index is 6.53. The molecular formula is C52H34N2OS. The van der Waals surface area contributed by atoms with Crippen LogP contribution >= 0.6 is 11.3 Å². The first-order valence-electron chi connectivity index (χ1n) is 18.9. The number of furan rings is 1.